The molecule has 0 aliphatic heterocycles. The minimum absolute atomic E-state index is 0.0808. The second-order valence-electron chi connectivity index (χ2n) is 7.24. The van der Waals surface area contributed by atoms with Gasteiger partial charge in [-0.2, -0.15) is 0 Å². The number of anilines is 1. The van der Waals surface area contributed by atoms with E-state index in [0.29, 0.717) is 0 Å². The van der Waals surface area contributed by atoms with Crippen LogP contribution in [0.3, 0.4) is 0 Å². The minimum atomic E-state index is -0.258. The standard InChI is InChI=1S/C24H22N4O2S2/c1-15-7-6-10-19(16(15)2)28-21(29)12-25-22(30)13-31-23-18-11-20(17-8-4-3-5-9-17)32-24(18)27-14-26-23/h3-11,14H,12-13H2,1-2H3,(H,25,30)(H,28,29). The van der Waals surface area contributed by atoms with Crippen molar-refractivity contribution < 1.29 is 9.59 Å². The quantitative estimate of drug-likeness (QED) is 0.304. The fourth-order valence-electron chi connectivity index (χ4n) is 3.14. The first-order valence-electron chi connectivity index (χ1n) is 10.1. The molecule has 2 amide bonds. The molecule has 2 N–H and O–H groups in total. The summed E-state index contributed by atoms with van der Waals surface area (Å²) in [5.41, 5.74) is 4.00. The van der Waals surface area contributed by atoms with Gasteiger partial charge in [-0.3, -0.25) is 9.59 Å². The van der Waals surface area contributed by atoms with Crippen molar-refractivity contribution in [3.8, 4) is 10.4 Å². The lowest BCUT2D eigenvalue weighted by Gasteiger charge is -2.11. The summed E-state index contributed by atoms with van der Waals surface area (Å²) >= 11 is 2.94. The van der Waals surface area contributed by atoms with Gasteiger partial charge in [0.2, 0.25) is 11.8 Å². The molecule has 0 aliphatic rings. The van der Waals surface area contributed by atoms with E-state index in [4.69, 9.17) is 0 Å². The van der Waals surface area contributed by atoms with Crippen molar-refractivity contribution in [3.63, 3.8) is 0 Å². The molecular weight excluding hydrogens is 440 g/mol. The van der Waals surface area contributed by atoms with Crippen LogP contribution >= 0.6 is 23.1 Å². The van der Waals surface area contributed by atoms with Crippen molar-refractivity contribution in [3.05, 3.63) is 72.1 Å². The Kier molecular flexibility index (Phi) is 6.82. The molecule has 162 valence electrons. The zero-order valence-corrected chi connectivity index (χ0v) is 19.3. The van der Waals surface area contributed by atoms with E-state index in [2.05, 4.69) is 38.8 Å². The number of aryl methyl sites for hydroxylation is 1. The van der Waals surface area contributed by atoms with E-state index >= 15 is 0 Å². The molecule has 2 aromatic heterocycles. The molecule has 0 fully saturated rings. The lowest BCUT2D eigenvalue weighted by molar-refractivity contribution is -0.122. The van der Waals surface area contributed by atoms with Crippen LogP contribution in [0.5, 0.6) is 0 Å². The summed E-state index contributed by atoms with van der Waals surface area (Å²) in [7, 11) is 0. The maximum atomic E-state index is 12.3. The lowest BCUT2D eigenvalue weighted by atomic mass is 10.1. The number of hydrogen-bond donors (Lipinski definition) is 2. The molecular formula is C24H22N4O2S2. The van der Waals surface area contributed by atoms with Crippen molar-refractivity contribution in [1.82, 2.24) is 15.3 Å². The van der Waals surface area contributed by atoms with Crippen LogP contribution in [0.4, 0.5) is 5.69 Å². The van der Waals surface area contributed by atoms with Crippen molar-refractivity contribution in [1.29, 1.82) is 0 Å². The highest BCUT2D eigenvalue weighted by Gasteiger charge is 2.13. The molecule has 2 heterocycles. The van der Waals surface area contributed by atoms with Gasteiger partial charge in [0, 0.05) is 16.0 Å². The number of carbonyl (C=O) groups excluding carboxylic acids is 2. The Morgan fingerprint density at radius 1 is 1.00 bits per heavy atom. The molecule has 2 aromatic carbocycles. The number of aromatic nitrogens is 2. The molecule has 8 heteroatoms. The Bertz CT molecular complexity index is 1270. The molecule has 0 radical (unpaired) electrons. The van der Waals surface area contributed by atoms with Gasteiger partial charge < -0.3 is 10.6 Å². The summed E-state index contributed by atoms with van der Waals surface area (Å²) in [6.45, 7) is 3.86. The van der Waals surface area contributed by atoms with E-state index in [0.717, 1.165) is 42.5 Å². The second-order valence-corrected chi connectivity index (χ2v) is 9.23. The fraction of sp³-hybridized carbons (Fsp3) is 0.167. The average molecular weight is 463 g/mol. The van der Waals surface area contributed by atoms with Gasteiger partial charge in [0.15, 0.2) is 0 Å². The smallest absolute Gasteiger partial charge is 0.243 e. The second kappa shape index (κ2) is 9.93. The van der Waals surface area contributed by atoms with Gasteiger partial charge in [-0.15, -0.1) is 11.3 Å². The molecule has 0 aliphatic carbocycles. The topological polar surface area (TPSA) is 84.0 Å². The monoisotopic (exact) mass is 462 g/mol. The van der Waals surface area contributed by atoms with Gasteiger partial charge >= 0.3 is 0 Å². The van der Waals surface area contributed by atoms with Crippen molar-refractivity contribution in [2.45, 2.75) is 18.9 Å². The third-order valence-electron chi connectivity index (χ3n) is 5.02. The predicted octanol–water partition coefficient (Wildman–Crippen LogP) is 4.82. The molecule has 0 bridgehead atoms. The summed E-state index contributed by atoms with van der Waals surface area (Å²) in [6, 6.07) is 17.9. The molecule has 6 nitrogen and oxygen atoms in total. The minimum Gasteiger partial charge on any atom is -0.346 e. The molecule has 0 spiro atoms. The van der Waals surface area contributed by atoms with Crippen LogP contribution in [0.1, 0.15) is 11.1 Å². The third kappa shape index (κ3) is 5.15. The summed E-state index contributed by atoms with van der Waals surface area (Å²) in [5.74, 6) is -0.317. The van der Waals surface area contributed by atoms with Crippen LogP contribution in [-0.2, 0) is 9.59 Å². The van der Waals surface area contributed by atoms with Crippen molar-refractivity contribution in [2.75, 3.05) is 17.6 Å². The van der Waals surface area contributed by atoms with E-state index in [1.807, 2.05) is 50.2 Å². The summed E-state index contributed by atoms with van der Waals surface area (Å²) in [6.07, 6.45) is 1.52. The lowest BCUT2D eigenvalue weighted by Crippen LogP contribution is -2.34. The molecule has 0 saturated carbocycles. The van der Waals surface area contributed by atoms with Crippen LogP contribution in [0.2, 0.25) is 0 Å². The van der Waals surface area contributed by atoms with Crippen LogP contribution in [0.15, 0.2) is 66.0 Å². The Hall–Kier alpha value is -3.23. The normalized spacial score (nSPS) is 10.8. The number of hydrogen-bond acceptors (Lipinski definition) is 6. The number of carbonyl (C=O) groups is 2. The number of nitrogens with zero attached hydrogens (tertiary/aromatic N) is 2. The van der Waals surface area contributed by atoms with E-state index < -0.39 is 0 Å². The maximum absolute atomic E-state index is 12.3. The van der Waals surface area contributed by atoms with Gasteiger partial charge in [-0.25, -0.2) is 9.97 Å². The highest BCUT2D eigenvalue weighted by Crippen LogP contribution is 2.35. The Morgan fingerprint density at radius 3 is 2.62 bits per heavy atom. The third-order valence-corrected chi connectivity index (χ3v) is 7.11. The van der Waals surface area contributed by atoms with E-state index in [-0.39, 0.29) is 24.1 Å². The number of amides is 2. The number of rotatable bonds is 7. The van der Waals surface area contributed by atoms with Gasteiger partial charge in [0.25, 0.3) is 0 Å². The van der Waals surface area contributed by atoms with Gasteiger partial charge in [-0.1, -0.05) is 54.2 Å². The van der Waals surface area contributed by atoms with E-state index in [1.165, 1.54) is 18.1 Å². The number of thiophene rings is 1. The fourth-order valence-corrected chi connectivity index (χ4v) is 5.01. The first-order chi connectivity index (χ1) is 15.5. The zero-order valence-electron chi connectivity index (χ0n) is 17.7. The maximum Gasteiger partial charge on any atom is 0.243 e. The van der Waals surface area contributed by atoms with E-state index in [1.54, 1.807) is 11.3 Å². The number of nitrogens with one attached hydrogen (secondary N) is 2. The Labute approximate surface area is 194 Å². The SMILES string of the molecule is Cc1cccc(NC(=O)CNC(=O)CSc2ncnc3sc(-c4ccccc4)cc23)c1C. The molecule has 0 saturated heterocycles. The first-order valence-corrected chi connectivity index (χ1v) is 11.9. The predicted molar refractivity (Wildman–Crippen MR) is 131 cm³/mol. The molecule has 0 atom stereocenters. The van der Waals surface area contributed by atoms with Crippen LogP contribution < -0.4 is 10.6 Å². The Balaban J connectivity index is 1.34. The van der Waals surface area contributed by atoms with Crippen molar-refractivity contribution in [2.24, 2.45) is 0 Å². The molecule has 0 unspecified atom stereocenters. The van der Waals surface area contributed by atoms with Crippen LogP contribution in [-0.4, -0.2) is 34.1 Å². The Morgan fingerprint density at radius 2 is 1.81 bits per heavy atom. The summed E-state index contributed by atoms with van der Waals surface area (Å²) < 4.78 is 0. The largest absolute Gasteiger partial charge is 0.346 e. The summed E-state index contributed by atoms with van der Waals surface area (Å²) in [5, 5.41) is 7.20. The molecule has 32 heavy (non-hydrogen) atoms. The van der Waals surface area contributed by atoms with Gasteiger partial charge in [0.1, 0.15) is 16.2 Å². The van der Waals surface area contributed by atoms with Crippen LogP contribution in [0, 0.1) is 13.8 Å². The average Bonchev–Trinajstić information content (AvgIpc) is 3.25. The number of thioether (sulfide) groups is 1. The number of benzene rings is 2. The molecule has 4 aromatic rings. The highest BCUT2D eigenvalue weighted by atomic mass is 32.2. The van der Waals surface area contributed by atoms with Gasteiger partial charge in [0.05, 0.1) is 12.3 Å². The highest BCUT2D eigenvalue weighted by molar-refractivity contribution is 8.00. The number of fused-ring (bicyclic) bond motifs is 1. The van der Waals surface area contributed by atoms with Crippen molar-refractivity contribution >= 4 is 50.8 Å². The summed E-state index contributed by atoms with van der Waals surface area (Å²) in [4.78, 5) is 35.2. The zero-order chi connectivity index (χ0) is 22.5. The van der Waals surface area contributed by atoms with Gasteiger partial charge in [-0.05, 0) is 42.7 Å². The molecule has 4 rings (SSSR count). The van der Waals surface area contributed by atoms with Crippen LogP contribution in [0.25, 0.3) is 20.7 Å². The first kappa shape index (κ1) is 22.0. The van der Waals surface area contributed by atoms with E-state index in [9.17, 15) is 9.59 Å².